The Kier molecular flexibility index (Phi) is 14.8. The summed E-state index contributed by atoms with van der Waals surface area (Å²) in [7, 11) is 0. The van der Waals surface area contributed by atoms with Gasteiger partial charge in [-0.2, -0.15) is 9.97 Å². The fourth-order valence-electron chi connectivity index (χ4n) is 4.90. The number of hydrogen-bond acceptors (Lipinski definition) is 6. The lowest BCUT2D eigenvalue weighted by Gasteiger charge is -2.28. The van der Waals surface area contributed by atoms with E-state index in [1.807, 2.05) is 12.1 Å². The normalized spacial score (nSPS) is 12.2. The predicted octanol–water partition coefficient (Wildman–Crippen LogP) is 10.7. The molecule has 40 heavy (non-hydrogen) atoms. The maximum absolute atomic E-state index is 11.1. The quantitative estimate of drug-likeness (QED) is 0.105. The molecule has 0 spiro atoms. The van der Waals surface area contributed by atoms with E-state index in [9.17, 15) is 5.11 Å². The highest BCUT2D eigenvalue weighted by Gasteiger charge is 2.27. The second kappa shape index (κ2) is 17.2. The van der Waals surface area contributed by atoms with Gasteiger partial charge in [0.1, 0.15) is 11.6 Å². The molecule has 0 aliphatic heterocycles. The van der Waals surface area contributed by atoms with E-state index in [4.69, 9.17) is 15.0 Å². The molecule has 0 aliphatic rings. The van der Waals surface area contributed by atoms with Crippen molar-refractivity contribution in [3.63, 3.8) is 0 Å². The summed E-state index contributed by atoms with van der Waals surface area (Å²) in [5.41, 5.74) is 2.38. The molecule has 0 unspecified atom stereocenters. The summed E-state index contributed by atoms with van der Waals surface area (Å²) in [5.74, 6) is 2.90. The van der Waals surface area contributed by atoms with Gasteiger partial charge in [-0.15, -0.1) is 0 Å². The summed E-state index contributed by atoms with van der Waals surface area (Å²) in [6.07, 6.45) is 17.5. The number of benzene rings is 1. The van der Waals surface area contributed by atoms with Gasteiger partial charge in [0, 0.05) is 29.0 Å². The lowest BCUT2D eigenvalue weighted by atomic mass is 9.79. The summed E-state index contributed by atoms with van der Waals surface area (Å²) >= 11 is 1.75. The van der Waals surface area contributed by atoms with Crippen LogP contribution in [0.1, 0.15) is 156 Å². The van der Waals surface area contributed by atoms with Crippen LogP contribution in [0.3, 0.4) is 0 Å². The summed E-state index contributed by atoms with van der Waals surface area (Å²) in [5, 5.41) is 15.5. The Morgan fingerprint density at radius 3 is 1.70 bits per heavy atom. The maximum Gasteiger partial charge on any atom is 0.231 e. The third kappa shape index (κ3) is 12.4. The van der Waals surface area contributed by atoms with Crippen molar-refractivity contribution in [2.45, 2.75) is 161 Å². The monoisotopic (exact) mass is 570 g/mol. The molecule has 1 aromatic carbocycles. The molecule has 1 aromatic heterocycles. The third-order valence-corrected chi connectivity index (χ3v) is 8.31. The standard InChI is InChI=1S/C34H58N4OS/c1-9-11-13-15-17-18-20-22-29-36-31(38-32(37-29)40-23-21-19-16-14-12-10-2)35-26-24-27(33(3,4)5)30(39)28(25-26)34(6,7)8/h24-25,39H,9-23H2,1-8H3,(H,35,36,37,38). The van der Waals surface area contributed by atoms with Crippen LogP contribution in [0.15, 0.2) is 17.3 Å². The average molecular weight is 571 g/mol. The number of nitrogens with one attached hydrogen (secondary N) is 1. The van der Waals surface area contributed by atoms with E-state index in [0.717, 1.165) is 46.4 Å². The van der Waals surface area contributed by atoms with Gasteiger partial charge >= 0.3 is 0 Å². The highest BCUT2D eigenvalue weighted by Crippen LogP contribution is 2.41. The van der Waals surface area contributed by atoms with Gasteiger partial charge < -0.3 is 10.4 Å². The number of aryl methyl sites for hydroxylation is 1. The molecule has 5 nitrogen and oxygen atoms in total. The molecule has 226 valence electrons. The largest absolute Gasteiger partial charge is 0.507 e. The van der Waals surface area contributed by atoms with E-state index in [1.165, 1.54) is 77.0 Å². The van der Waals surface area contributed by atoms with Gasteiger partial charge in [-0.05, 0) is 35.8 Å². The molecule has 1 heterocycles. The molecule has 0 bridgehead atoms. The number of anilines is 2. The van der Waals surface area contributed by atoms with Crippen molar-refractivity contribution in [2.24, 2.45) is 0 Å². The summed E-state index contributed by atoms with van der Waals surface area (Å²) in [6, 6.07) is 4.10. The molecule has 2 rings (SSSR count). The number of unbranched alkanes of at least 4 members (excludes halogenated alkanes) is 11. The molecule has 2 N–H and O–H groups in total. The van der Waals surface area contributed by atoms with E-state index in [2.05, 4.69) is 60.7 Å². The molecule has 0 radical (unpaired) electrons. The molecular formula is C34H58N4OS. The minimum atomic E-state index is -0.193. The number of thioether (sulfide) groups is 1. The van der Waals surface area contributed by atoms with Crippen molar-refractivity contribution in [3.8, 4) is 5.75 Å². The molecule has 0 saturated carbocycles. The predicted molar refractivity (Wildman–Crippen MR) is 174 cm³/mol. The van der Waals surface area contributed by atoms with Crippen LogP contribution in [-0.2, 0) is 17.3 Å². The van der Waals surface area contributed by atoms with E-state index in [1.54, 1.807) is 11.8 Å². The number of phenols is 1. The number of nitrogens with zero attached hydrogens (tertiary/aromatic N) is 3. The highest BCUT2D eigenvalue weighted by molar-refractivity contribution is 7.99. The topological polar surface area (TPSA) is 70.9 Å². The first-order chi connectivity index (χ1) is 19.0. The lowest BCUT2D eigenvalue weighted by Crippen LogP contribution is -2.18. The van der Waals surface area contributed by atoms with Crippen LogP contribution in [0.25, 0.3) is 0 Å². The number of phenolic OH excluding ortho intramolecular Hbond substituents is 1. The smallest absolute Gasteiger partial charge is 0.231 e. The highest BCUT2D eigenvalue weighted by atomic mass is 32.2. The van der Waals surface area contributed by atoms with Crippen LogP contribution in [0.5, 0.6) is 5.75 Å². The molecule has 2 aromatic rings. The van der Waals surface area contributed by atoms with Gasteiger partial charge in [0.25, 0.3) is 0 Å². The van der Waals surface area contributed by atoms with Gasteiger partial charge in [-0.3, -0.25) is 0 Å². The molecule has 0 atom stereocenters. The van der Waals surface area contributed by atoms with Gasteiger partial charge in [0.2, 0.25) is 5.95 Å². The number of aromatic hydroxyl groups is 1. The van der Waals surface area contributed by atoms with Crippen LogP contribution in [0, 0.1) is 0 Å². The Hall–Kier alpha value is -1.82. The van der Waals surface area contributed by atoms with Crippen LogP contribution in [-0.4, -0.2) is 25.8 Å². The van der Waals surface area contributed by atoms with Crippen molar-refractivity contribution in [1.29, 1.82) is 0 Å². The third-order valence-electron chi connectivity index (χ3n) is 7.38. The minimum absolute atomic E-state index is 0.193. The Morgan fingerprint density at radius 2 is 1.18 bits per heavy atom. The van der Waals surface area contributed by atoms with Crippen molar-refractivity contribution in [3.05, 3.63) is 29.1 Å². The minimum Gasteiger partial charge on any atom is -0.507 e. The first-order valence-corrected chi connectivity index (χ1v) is 17.0. The summed E-state index contributed by atoms with van der Waals surface area (Å²) < 4.78 is 0. The molecule has 0 amide bonds. The van der Waals surface area contributed by atoms with Crippen molar-refractivity contribution in [1.82, 2.24) is 15.0 Å². The fourth-order valence-corrected chi connectivity index (χ4v) is 5.75. The van der Waals surface area contributed by atoms with Crippen LogP contribution in [0.2, 0.25) is 0 Å². The number of aromatic nitrogens is 3. The Balaban J connectivity index is 2.22. The van der Waals surface area contributed by atoms with Crippen LogP contribution in [0.4, 0.5) is 11.6 Å². The van der Waals surface area contributed by atoms with Crippen molar-refractivity contribution < 1.29 is 5.11 Å². The first kappa shape index (κ1) is 34.4. The van der Waals surface area contributed by atoms with Crippen molar-refractivity contribution in [2.75, 3.05) is 11.1 Å². The van der Waals surface area contributed by atoms with E-state index in [-0.39, 0.29) is 10.8 Å². The lowest BCUT2D eigenvalue weighted by molar-refractivity contribution is 0.423. The number of hydrogen-bond donors (Lipinski definition) is 2. The van der Waals surface area contributed by atoms with Gasteiger partial charge in [0.05, 0.1) is 0 Å². The van der Waals surface area contributed by atoms with Crippen LogP contribution >= 0.6 is 11.8 Å². The van der Waals surface area contributed by atoms with Gasteiger partial charge in [-0.25, -0.2) is 4.98 Å². The second-order valence-corrected chi connectivity index (χ2v) is 14.5. The summed E-state index contributed by atoms with van der Waals surface area (Å²) in [6.45, 7) is 17.4. The zero-order chi connectivity index (χ0) is 29.6. The number of rotatable bonds is 18. The Labute approximate surface area is 250 Å². The second-order valence-electron chi connectivity index (χ2n) is 13.4. The Morgan fingerprint density at radius 1 is 0.675 bits per heavy atom. The zero-order valence-corrected chi connectivity index (χ0v) is 27.8. The molecular weight excluding hydrogens is 512 g/mol. The van der Waals surface area contributed by atoms with E-state index < -0.39 is 0 Å². The Bertz CT molecular complexity index is 939. The van der Waals surface area contributed by atoms with Gasteiger partial charge in [-0.1, -0.05) is 138 Å². The molecule has 0 fully saturated rings. The first-order valence-electron chi connectivity index (χ1n) is 16.0. The fraction of sp³-hybridized carbons (Fsp3) is 0.735. The molecule has 0 aliphatic carbocycles. The van der Waals surface area contributed by atoms with Crippen LogP contribution < -0.4 is 5.32 Å². The van der Waals surface area contributed by atoms with Crippen molar-refractivity contribution >= 4 is 23.4 Å². The van der Waals surface area contributed by atoms with Gasteiger partial charge in [0.15, 0.2) is 5.16 Å². The maximum atomic E-state index is 11.1. The molecule has 0 saturated heterocycles. The molecule has 6 heteroatoms. The zero-order valence-electron chi connectivity index (χ0n) is 27.0. The average Bonchev–Trinajstić information content (AvgIpc) is 2.87. The SMILES string of the molecule is CCCCCCCCCc1nc(Nc2cc(C(C)(C)C)c(O)c(C(C)(C)C)c2)nc(SCCCCCCCC)n1. The van der Waals surface area contributed by atoms with E-state index >= 15 is 0 Å². The van der Waals surface area contributed by atoms with E-state index in [0.29, 0.717) is 11.7 Å². The summed E-state index contributed by atoms with van der Waals surface area (Å²) in [4.78, 5) is 14.5.